The summed E-state index contributed by atoms with van der Waals surface area (Å²) in [6.45, 7) is 19.0. The van der Waals surface area contributed by atoms with Crippen LogP contribution in [0.15, 0.2) is 42.5 Å². The Balaban J connectivity index is 2.70. The average molecular weight is 562 g/mol. The van der Waals surface area contributed by atoms with E-state index in [1.54, 1.807) is 49.9 Å². The van der Waals surface area contributed by atoms with Gasteiger partial charge in [0.2, 0.25) is 5.91 Å². The number of benzene rings is 2. The zero-order valence-electron chi connectivity index (χ0n) is 26.3. The summed E-state index contributed by atoms with van der Waals surface area (Å²) in [6.07, 6.45) is 5.86. The molecule has 0 saturated carbocycles. The fraction of sp³-hybridized carbons (Fsp3) is 0.500. The van der Waals surface area contributed by atoms with E-state index in [2.05, 4.69) is 16.6 Å². The summed E-state index contributed by atoms with van der Waals surface area (Å²) in [5, 5.41) is 5.91. The molecule has 0 aliphatic carbocycles. The van der Waals surface area contributed by atoms with E-state index in [1.807, 2.05) is 66.7 Å². The largest absolute Gasteiger partial charge is 0.444 e. The van der Waals surface area contributed by atoms with E-state index in [-0.39, 0.29) is 17.7 Å². The quantitative estimate of drug-likeness (QED) is 0.308. The van der Waals surface area contributed by atoms with Gasteiger partial charge in [-0.2, -0.15) is 0 Å². The van der Waals surface area contributed by atoms with Crippen molar-refractivity contribution >= 4 is 23.6 Å². The smallest absolute Gasteiger partial charge is 0.408 e. The van der Waals surface area contributed by atoms with E-state index in [9.17, 15) is 14.4 Å². The molecule has 0 saturated heterocycles. The minimum absolute atomic E-state index is 0.0854. The van der Waals surface area contributed by atoms with Crippen molar-refractivity contribution in [3.05, 3.63) is 64.7 Å². The van der Waals surface area contributed by atoms with Gasteiger partial charge in [-0.05, 0) is 96.0 Å². The normalized spacial score (nSPS) is 13.1. The monoisotopic (exact) mass is 561 g/mol. The minimum Gasteiger partial charge on any atom is -0.444 e. The highest BCUT2D eigenvalue weighted by Crippen LogP contribution is 2.34. The van der Waals surface area contributed by atoms with Crippen LogP contribution in [0.25, 0.3) is 0 Å². The van der Waals surface area contributed by atoms with Crippen molar-refractivity contribution in [2.45, 2.75) is 105 Å². The Hall–Kier alpha value is -3.79. The number of alkyl carbamates (subject to hydrolysis) is 1. The fourth-order valence-corrected chi connectivity index (χ4v) is 4.64. The maximum absolute atomic E-state index is 14.6. The van der Waals surface area contributed by atoms with Gasteiger partial charge in [0.05, 0.1) is 0 Å². The molecule has 7 heteroatoms. The minimum atomic E-state index is -1.00. The number of terminal acetylenes is 1. The summed E-state index contributed by atoms with van der Waals surface area (Å²) in [5.41, 5.74) is 2.33. The number of aryl methyl sites for hydroxylation is 2. The molecule has 41 heavy (non-hydrogen) atoms. The Bertz CT molecular complexity index is 1250. The molecule has 2 rings (SSSR count). The standard InChI is InChI=1S/C34H47N3O4/c1-12-25-17-19-26(20-18-25)29(30(38)36-28-23(5)15-14-16-24(28)6)37(34(10,11)13-2)31(39)27(21-22(3)4)35-32(40)41-33(7,8)9/h1,14-20,22,27,29H,13,21H2,2-11H3,(H,35,40)(H,36,38). The summed E-state index contributed by atoms with van der Waals surface area (Å²) in [7, 11) is 0. The van der Waals surface area contributed by atoms with Gasteiger partial charge in [0, 0.05) is 16.8 Å². The lowest BCUT2D eigenvalue weighted by Gasteiger charge is -2.45. The van der Waals surface area contributed by atoms with Crippen LogP contribution in [-0.4, -0.2) is 40.0 Å². The molecule has 0 aliphatic rings. The molecule has 0 radical (unpaired) electrons. The third-order valence-electron chi connectivity index (χ3n) is 7.08. The molecule has 2 N–H and O–H groups in total. The molecular formula is C34H47N3O4. The Morgan fingerprint density at radius 1 is 0.976 bits per heavy atom. The summed E-state index contributed by atoms with van der Waals surface area (Å²) >= 11 is 0. The second kappa shape index (κ2) is 13.7. The van der Waals surface area contributed by atoms with Gasteiger partial charge in [-0.25, -0.2) is 4.79 Å². The molecule has 2 atom stereocenters. The van der Waals surface area contributed by atoms with Crippen LogP contribution in [0.1, 0.15) is 96.5 Å². The second-order valence-electron chi connectivity index (χ2n) is 12.6. The molecule has 3 amide bonds. The number of anilines is 1. The first-order chi connectivity index (χ1) is 19.0. The molecule has 2 aromatic rings. The summed E-state index contributed by atoms with van der Waals surface area (Å²) < 4.78 is 5.50. The summed E-state index contributed by atoms with van der Waals surface area (Å²) in [5.74, 6) is 1.98. The average Bonchev–Trinajstić information content (AvgIpc) is 2.87. The van der Waals surface area contributed by atoms with E-state index in [0.29, 0.717) is 29.7 Å². The first-order valence-electron chi connectivity index (χ1n) is 14.3. The zero-order valence-corrected chi connectivity index (χ0v) is 26.3. The van der Waals surface area contributed by atoms with Crippen LogP contribution in [0.4, 0.5) is 10.5 Å². The number of hydrogen-bond donors (Lipinski definition) is 2. The Morgan fingerprint density at radius 2 is 1.54 bits per heavy atom. The number of nitrogens with zero attached hydrogens (tertiary/aromatic N) is 1. The topological polar surface area (TPSA) is 87.7 Å². The molecule has 0 fully saturated rings. The van der Waals surface area contributed by atoms with Crippen molar-refractivity contribution < 1.29 is 19.1 Å². The first kappa shape index (κ1) is 33.4. The molecule has 2 unspecified atom stereocenters. The highest BCUT2D eigenvalue weighted by molar-refractivity contribution is 6.00. The first-order valence-corrected chi connectivity index (χ1v) is 14.3. The van der Waals surface area contributed by atoms with E-state index in [4.69, 9.17) is 11.2 Å². The predicted octanol–water partition coefficient (Wildman–Crippen LogP) is 6.92. The van der Waals surface area contributed by atoms with E-state index >= 15 is 0 Å². The van der Waals surface area contributed by atoms with Crippen LogP contribution in [0.2, 0.25) is 0 Å². The maximum atomic E-state index is 14.6. The van der Waals surface area contributed by atoms with E-state index in [1.165, 1.54) is 0 Å². The molecule has 0 aliphatic heterocycles. The van der Waals surface area contributed by atoms with Crippen LogP contribution >= 0.6 is 0 Å². The van der Waals surface area contributed by atoms with E-state index < -0.39 is 29.3 Å². The van der Waals surface area contributed by atoms with Crippen LogP contribution in [0, 0.1) is 32.1 Å². The number of nitrogens with one attached hydrogen (secondary N) is 2. The molecule has 0 bridgehead atoms. The Kier molecular flexibility index (Phi) is 11.2. The number of carbonyl (C=O) groups is 3. The number of amides is 3. The summed E-state index contributed by atoms with van der Waals surface area (Å²) in [4.78, 5) is 43.3. The number of rotatable bonds is 10. The van der Waals surface area contributed by atoms with Gasteiger partial charge in [0.1, 0.15) is 17.7 Å². The second-order valence-corrected chi connectivity index (χ2v) is 12.6. The van der Waals surface area contributed by atoms with Gasteiger partial charge in [-0.1, -0.05) is 57.0 Å². The van der Waals surface area contributed by atoms with Crippen molar-refractivity contribution in [2.75, 3.05) is 5.32 Å². The lowest BCUT2D eigenvalue weighted by molar-refractivity contribution is -0.148. The van der Waals surface area contributed by atoms with Crippen LogP contribution < -0.4 is 10.6 Å². The zero-order chi connectivity index (χ0) is 31.1. The van der Waals surface area contributed by atoms with Gasteiger partial charge in [-0.15, -0.1) is 6.42 Å². The number of hydrogen-bond acceptors (Lipinski definition) is 4. The maximum Gasteiger partial charge on any atom is 0.408 e. The van der Waals surface area contributed by atoms with E-state index in [0.717, 1.165) is 11.1 Å². The van der Waals surface area contributed by atoms with Crippen LogP contribution in [0.5, 0.6) is 0 Å². The molecule has 0 heterocycles. The molecule has 222 valence electrons. The van der Waals surface area contributed by atoms with Crippen molar-refractivity contribution in [3.8, 4) is 12.3 Å². The number of ether oxygens (including phenoxy) is 1. The number of para-hydroxylation sites is 1. The lowest BCUT2D eigenvalue weighted by atomic mass is 9.90. The van der Waals surface area contributed by atoms with Gasteiger partial charge >= 0.3 is 6.09 Å². The van der Waals surface area contributed by atoms with Crippen molar-refractivity contribution in [2.24, 2.45) is 5.92 Å². The van der Waals surface area contributed by atoms with Crippen LogP contribution in [-0.2, 0) is 14.3 Å². The van der Waals surface area contributed by atoms with Gasteiger partial charge in [-0.3, -0.25) is 9.59 Å². The van der Waals surface area contributed by atoms with Gasteiger partial charge in [0.25, 0.3) is 5.91 Å². The summed E-state index contributed by atoms with van der Waals surface area (Å²) in [6, 6.07) is 11.0. The predicted molar refractivity (Wildman–Crippen MR) is 165 cm³/mol. The Morgan fingerprint density at radius 3 is 2.00 bits per heavy atom. The fourth-order valence-electron chi connectivity index (χ4n) is 4.64. The molecule has 0 spiro atoms. The Labute approximate surface area is 246 Å². The van der Waals surface area contributed by atoms with Gasteiger partial charge < -0.3 is 20.3 Å². The third-order valence-corrected chi connectivity index (χ3v) is 7.08. The lowest BCUT2D eigenvalue weighted by Crippen LogP contribution is -2.59. The third kappa shape index (κ3) is 9.11. The highest BCUT2D eigenvalue weighted by Gasteiger charge is 2.43. The number of carbonyl (C=O) groups excluding carboxylic acids is 3. The molecule has 7 nitrogen and oxygen atoms in total. The highest BCUT2D eigenvalue weighted by atomic mass is 16.6. The van der Waals surface area contributed by atoms with Crippen molar-refractivity contribution in [1.29, 1.82) is 0 Å². The van der Waals surface area contributed by atoms with Crippen molar-refractivity contribution in [1.82, 2.24) is 10.2 Å². The molecule has 2 aromatic carbocycles. The molecule has 0 aromatic heterocycles. The van der Waals surface area contributed by atoms with Gasteiger partial charge in [0.15, 0.2) is 0 Å². The SMILES string of the molecule is C#Cc1ccc(C(C(=O)Nc2c(C)cccc2C)N(C(=O)C(CC(C)C)NC(=O)OC(C)(C)C)C(C)(C)CC)cc1. The van der Waals surface area contributed by atoms with Crippen LogP contribution in [0.3, 0.4) is 0 Å². The van der Waals surface area contributed by atoms with Crippen molar-refractivity contribution in [3.63, 3.8) is 0 Å². The molecular weight excluding hydrogens is 514 g/mol.